The highest BCUT2D eigenvalue weighted by Crippen LogP contribution is 2.14. The zero-order valence-electron chi connectivity index (χ0n) is 11.9. The fraction of sp³-hybridized carbons (Fsp3) is 0.125. The van der Waals surface area contributed by atoms with Gasteiger partial charge in [-0.1, -0.05) is 18.2 Å². The molecule has 2 rings (SSSR count). The highest BCUT2D eigenvalue weighted by atomic mass is 19.1. The van der Waals surface area contributed by atoms with Crippen LogP contribution >= 0.6 is 0 Å². The first-order valence-electron chi connectivity index (χ1n) is 6.59. The van der Waals surface area contributed by atoms with Crippen molar-refractivity contribution in [2.24, 2.45) is 0 Å². The molecule has 1 amide bonds. The van der Waals surface area contributed by atoms with Gasteiger partial charge >= 0.3 is 5.97 Å². The Morgan fingerprint density at radius 1 is 1.18 bits per heavy atom. The Morgan fingerprint density at radius 3 is 2.59 bits per heavy atom. The predicted octanol–water partition coefficient (Wildman–Crippen LogP) is 2.59. The van der Waals surface area contributed by atoms with Gasteiger partial charge in [0.15, 0.2) is 6.10 Å². The lowest BCUT2D eigenvalue weighted by atomic mass is 10.2. The van der Waals surface area contributed by atoms with E-state index in [4.69, 9.17) is 10.5 Å². The molecule has 0 saturated carbocycles. The van der Waals surface area contributed by atoms with Crippen molar-refractivity contribution in [1.82, 2.24) is 0 Å². The Bertz CT molecular complexity index is 703. The number of benzene rings is 2. The Labute approximate surface area is 126 Å². The zero-order valence-corrected chi connectivity index (χ0v) is 11.9. The highest BCUT2D eigenvalue weighted by molar-refractivity contribution is 5.97. The number of carbonyl (C=O) groups is 2. The van der Waals surface area contributed by atoms with Crippen LogP contribution in [-0.2, 0) is 9.53 Å². The van der Waals surface area contributed by atoms with Gasteiger partial charge < -0.3 is 15.8 Å². The minimum Gasteiger partial charge on any atom is -0.449 e. The number of esters is 1. The van der Waals surface area contributed by atoms with E-state index in [-0.39, 0.29) is 11.3 Å². The summed E-state index contributed by atoms with van der Waals surface area (Å²) in [6.45, 7) is 1.40. The van der Waals surface area contributed by atoms with Gasteiger partial charge in [-0.15, -0.1) is 0 Å². The van der Waals surface area contributed by atoms with Crippen LogP contribution in [0.4, 0.5) is 15.8 Å². The fourth-order valence-corrected chi connectivity index (χ4v) is 1.74. The van der Waals surface area contributed by atoms with Crippen LogP contribution in [0.15, 0.2) is 48.5 Å². The van der Waals surface area contributed by atoms with E-state index in [9.17, 15) is 14.0 Å². The number of hydrogen-bond donors (Lipinski definition) is 2. The molecule has 0 fully saturated rings. The molecule has 0 radical (unpaired) electrons. The molecule has 5 nitrogen and oxygen atoms in total. The summed E-state index contributed by atoms with van der Waals surface area (Å²) < 4.78 is 18.5. The molecule has 22 heavy (non-hydrogen) atoms. The topological polar surface area (TPSA) is 81.4 Å². The molecule has 0 heterocycles. The first-order chi connectivity index (χ1) is 10.5. The molecule has 114 valence electrons. The van der Waals surface area contributed by atoms with Crippen molar-refractivity contribution in [2.75, 3.05) is 11.1 Å². The molecule has 0 spiro atoms. The number of carbonyl (C=O) groups excluding carboxylic acids is 2. The van der Waals surface area contributed by atoms with Crippen molar-refractivity contribution < 1.29 is 18.7 Å². The van der Waals surface area contributed by atoms with Gasteiger partial charge in [0.05, 0.1) is 11.3 Å². The Kier molecular flexibility index (Phi) is 4.73. The molecule has 0 saturated heterocycles. The molecule has 0 aromatic heterocycles. The minimum absolute atomic E-state index is 0.0272. The Morgan fingerprint density at radius 2 is 1.91 bits per heavy atom. The lowest BCUT2D eigenvalue weighted by Crippen LogP contribution is -2.30. The first kappa shape index (κ1) is 15.5. The van der Waals surface area contributed by atoms with Gasteiger partial charge in [0.1, 0.15) is 5.82 Å². The normalized spacial score (nSPS) is 11.5. The van der Waals surface area contributed by atoms with E-state index in [0.717, 1.165) is 0 Å². The van der Waals surface area contributed by atoms with Crippen LogP contribution in [0.5, 0.6) is 0 Å². The van der Waals surface area contributed by atoms with Crippen LogP contribution in [0.1, 0.15) is 17.3 Å². The molecule has 0 aliphatic rings. The summed E-state index contributed by atoms with van der Waals surface area (Å²) in [6.07, 6.45) is -1.08. The second-order valence-electron chi connectivity index (χ2n) is 4.64. The third-order valence-electron chi connectivity index (χ3n) is 2.91. The first-order valence-corrected chi connectivity index (χ1v) is 6.59. The quantitative estimate of drug-likeness (QED) is 0.672. The standard InChI is InChI=1S/C16H15FN2O3/c1-10(15(20)19-14-8-3-2-7-13(14)17)22-16(21)11-5-4-6-12(18)9-11/h2-10H,18H2,1H3,(H,19,20). The summed E-state index contributed by atoms with van der Waals surface area (Å²) >= 11 is 0. The lowest BCUT2D eigenvalue weighted by molar-refractivity contribution is -0.123. The van der Waals surface area contributed by atoms with E-state index in [2.05, 4.69) is 5.32 Å². The van der Waals surface area contributed by atoms with Crippen LogP contribution in [0, 0.1) is 5.82 Å². The number of nitrogens with two attached hydrogens (primary N) is 1. The van der Waals surface area contributed by atoms with Crippen LogP contribution in [-0.4, -0.2) is 18.0 Å². The second kappa shape index (κ2) is 6.71. The number of anilines is 2. The Balaban J connectivity index is 1.99. The van der Waals surface area contributed by atoms with Crippen molar-refractivity contribution in [1.29, 1.82) is 0 Å². The van der Waals surface area contributed by atoms with Crippen molar-refractivity contribution >= 4 is 23.3 Å². The van der Waals surface area contributed by atoms with Crippen molar-refractivity contribution in [2.45, 2.75) is 13.0 Å². The van der Waals surface area contributed by atoms with E-state index in [1.54, 1.807) is 18.2 Å². The molecule has 0 bridgehead atoms. The lowest BCUT2D eigenvalue weighted by Gasteiger charge is -2.14. The molecule has 2 aromatic carbocycles. The summed E-state index contributed by atoms with van der Waals surface area (Å²) in [6, 6.07) is 11.9. The second-order valence-corrected chi connectivity index (χ2v) is 4.64. The number of amides is 1. The number of ether oxygens (including phenoxy) is 1. The average Bonchev–Trinajstić information content (AvgIpc) is 2.49. The summed E-state index contributed by atoms with van der Waals surface area (Å²) in [5, 5.41) is 2.36. The molecular weight excluding hydrogens is 287 g/mol. The van der Waals surface area contributed by atoms with Crippen LogP contribution in [0.2, 0.25) is 0 Å². The minimum atomic E-state index is -1.08. The third kappa shape index (κ3) is 3.82. The monoisotopic (exact) mass is 302 g/mol. The predicted molar refractivity (Wildman–Crippen MR) is 80.8 cm³/mol. The van der Waals surface area contributed by atoms with Gasteiger partial charge in [0.25, 0.3) is 5.91 Å². The number of rotatable bonds is 4. The van der Waals surface area contributed by atoms with E-state index >= 15 is 0 Å². The maximum atomic E-state index is 13.4. The average molecular weight is 302 g/mol. The largest absolute Gasteiger partial charge is 0.449 e. The number of nitrogens with one attached hydrogen (secondary N) is 1. The maximum absolute atomic E-state index is 13.4. The number of hydrogen-bond acceptors (Lipinski definition) is 4. The van der Waals surface area contributed by atoms with Gasteiger partial charge in [-0.25, -0.2) is 9.18 Å². The summed E-state index contributed by atoms with van der Waals surface area (Å²) in [5.41, 5.74) is 6.26. The molecule has 0 aliphatic heterocycles. The van der Waals surface area contributed by atoms with Gasteiger partial charge in [0, 0.05) is 5.69 Å². The fourth-order valence-electron chi connectivity index (χ4n) is 1.74. The molecule has 1 unspecified atom stereocenters. The highest BCUT2D eigenvalue weighted by Gasteiger charge is 2.20. The van der Waals surface area contributed by atoms with E-state index in [1.165, 1.54) is 37.3 Å². The van der Waals surface area contributed by atoms with E-state index in [1.807, 2.05) is 0 Å². The maximum Gasteiger partial charge on any atom is 0.338 e. The van der Waals surface area contributed by atoms with Crippen molar-refractivity contribution in [3.05, 3.63) is 59.9 Å². The zero-order chi connectivity index (χ0) is 16.1. The molecule has 3 N–H and O–H groups in total. The smallest absolute Gasteiger partial charge is 0.338 e. The molecule has 0 aliphatic carbocycles. The molecule has 1 atom stereocenters. The van der Waals surface area contributed by atoms with Crippen molar-refractivity contribution in [3.8, 4) is 0 Å². The van der Waals surface area contributed by atoms with Crippen molar-refractivity contribution in [3.63, 3.8) is 0 Å². The van der Waals surface area contributed by atoms with E-state index in [0.29, 0.717) is 5.69 Å². The number of para-hydroxylation sites is 1. The summed E-state index contributed by atoms with van der Waals surface area (Å²) in [5.74, 6) is -1.86. The molecule has 2 aromatic rings. The summed E-state index contributed by atoms with van der Waals surface area (Å²) in [4.78, 5) is 23.8. The van der Waals surface area contributed by atoms with E-state index < -0.39 is 23.8 Å². The SMILES string of the molecule is CC(OC(=O)c1cccc(N)c1)C(=O)Nc1ccccc1F. The number of halogens is 1. The van der Waals surface area contributed by atoms with Gasteiger partial charge in [-0.3, -0.25) is 4.79 Å². The third-order valence-corrected chi connectivity index (χ3v) is 2.91. The van der Waals surface area contributed by atoms with Crippen LogP contribution in [0.3, 0.4) is 0 Å². The van der Waals surface area contributed by atoms with Crippen LogP contribution in [0.25, 0.3) is 0 Å². The van der Waals surface area contributed by atoms with Gasteiger partial charge in [0.2, 0.25) is 0 Å². The molecule has 6 heteroatoms. The Hall–Kier alpha value is -2.89. The summed E-state index contributed by atoms with van der Waals surface area (Å²) in [7, 11) is 0. The number of nitrogen functional groups attached to an aromatic ring is 1. The van der Waals surface area contributed by atoms with Crippen LogP contribution < -0.4 is 11.1 Å². The molecular formula is C16H15FN2O3. The van der Waals surface area contributed by atoms with Gasteiger partial charge in [-0.05, 0) is 37.3 Å². The van der Waals surface area contributed by atoms with Gasteiger partial charge in [-0.2, -0.15) is 0 Å².